The first-order valence-corrected chi connectivity index (χ1v) is 22.3. The summed E-state index contributed by atoms with van der Waals surface area (Å²) in [6.45, 7) is 17.4. The van der Waals surface area contributed by atoms with Crippen molar-refractivity contribution in [3.05, 3.63) is 65.2 Å². The lowest BCUT2D eigenvalue weighted by molar-refractivity contribution is -0.197. The summed E-state index contributed by atoms with van der Waals surface area (Å²) in [7, 11) is -6.11. The second kappa shape index (κ2) is 13.4. The number of fused-ring (bicyclic) bond motifs is 3. The molecule has 7 nitrogen and oxygen atoms in total. The molecule has 1 N–H and O–H groups in total. The molecule has 1 saturated heterocycles. The van der Waals surface area contributed by atoms with E-state index in [0.29, 0.717) is 18.4 Å². The molecule has 0 aromatic heterocycles. The van der Waals surface area contributed by atoms with Gasteiger partial charge in [-0.3, -0.25) is 0 Å². The monoisotopic (exact) mass is 700 g/mol. The van der Waals surface area contributed by atoms with Crippen molar-refractivity contribution >= 4 is 35.5 Å². The van der Waals surface area contributed by atoms with Crippen LogP contribution in [0.4, 0.5) is 5.69 Å². The predicted octanol–water partition coefficient (Wildman–Crippen LogP) is 8.22. The number of ether oxygens (including phenoxy) is 3. The summed E-state index contributed by atoms with van der Waals surface area (Å²) < 4.78 is 50.1. The minimum Gasteiger partial charge on any atom is -0.490 e. The summed E-state index contributed by atoms with van der Waals surface area (Å²) in [5.41, 5.74) is 3.19. The Morgan fingerprint density at radius 1 is 1.15 bits per heavy atom. The Labute approximate surface area is 288 Å². The van der Waals surface area contributed by atoms with E-state index in [1.165, 1.54) is 11.1 Å². The van der Waals surface area contributed by atoms with Gasteiger partial charge in [-0.25, -0.2) is 12.8 Å². The van der Waals surface area contributed by atoms with Gasteiger partial charge in [0.1, 0.15) is 14.0 Å². The van der Waals surface area contributed by atoms with Gasteiger partial charge >= 0.3 is 0 Å². The highest BCUT2D eigenvalue weighted by atomic mass is 35.5. The van der Waals surface area contributed by atoms with Crippen LogP contribution in [-0.4, -0.2) is 55.4 Å². The molecule has 47 heavy (non-hydrogen) atoms. The van der Waals surface area contributed by atoms with E-state index in [4.69, 9.17) is 25.8 Å². The molecule has 0 radical (unpaired) electrons. The maximum atomic E-state index is 13.9. The first-order chi connectivity index (χ1) is 22.2. The van der Waals surface area contributed by atoms with Crippen LogP contribution in [0.3, 0.4) is 0 Å². The zero-order chi connectivity index (χ0) is 33.6. The lowest BCUT2D eigenvalue weighted by atomic mass is 9.68. The number of sulfonamides is 1. The van der Waals surface area contributed by atoms with E-state index in [1.54, 1.807) is 6.07 Å². The second-order valence-corrected chi connectivity index (χ2v) is 23.3. The molecule has 1 saturated carbocycles. The topological polar surface area (TPSA) is 77.1 Å². The minimum absolute atomic E-state index is 0.0773. The van der Waals surface area contributed by atoms with E-state index >= 15 is 0 Å². The number of hydrogen-bond acceptors (Lipinski definition) is 6. The molecule has 2 aromatic carbocycles. The van der Waals surface area contributed by atoms with Crippen LogP contribution < -0.4 is 14.0 Å². The lowest BCUT2D eigenvalue weighted by Crippen LogP contribution is -2.54. The van der Waals surface area contributed by atoms with Gasteiger partial charge in [0.15, 0.2) is 6.29 Å². The summed E-state index contributed by atoms with van der Waals surface area (Å²) in [6, 6.07) is 11.7. The van der Waals surface area contributed by atoms with Crippen LogP contribution in [0.25, 0.3) is 0 Å². The summed E-state index contributed by atoms with van der Waals surface area (Å²) in [6.07, 6.45) is 10.0. The van der Waals surface area contributed by atoms with Gasteiger partial charge in [-0.05, 0) is 110 Å². The Bertz CT molecular complexity index is 1570. The Balaban J connectivity index is 1.34. The molecule has 0 amide bonds. The number of benzene rings is 2. The number of nitrogens with zero attached hydrogens (tertiary/aromatic N) is 1. The van der Waals surface area contributed by atoms with Gasteiger partial charge in [-0.2, -0.15) is 0 Å². The molecule has 0 bridgehead atoms. The molecule has 2 fully saturated rings. The van der Waals surface area contributed by atoms with Gasteiger partial charge in [0, 0.05) is 30.1 Å². The Morgan fingerprint density at radius 3 is 2.64 bits per heavy atom. The highest BCUT2D eigenvalue weighted by Gasteiger charge is 2.45. The molecule has 2 aromatic rings. The highest BCUT2D eigenvalue weighted by molar-refractivity contribution is 7.91. The van der Waals surface area contributed by atoms with Crippen molar-refractivity contribution in [3.8, 4) is 5.75 Å². The third-order valence-corrected chi connectivity index (χ3v) is 19.6. The van der Waals surface area contributed by atoms with E-state index in [0.717, 1.165) is 87.5 Å². The lowest BCUT2D eigenvalue weighted by Gasteiger charge is -2.46. The number of hydrogen-bond donors (Lipinski definition) is 1. The smallest absolute Gasteiger partial charge is 0.234 e. The predicted molar refractivity (Wildman–Crippen MR) is 193 cm³/mol. The summed E-state index contributed by atoms with van der Waals surface area (Å²) in [5.74, 6) is 1.42. The zero-order valence-corrected chi connectivity index (χ0v) is 31.4. The van der Waals surface area contributed by atoms with Crippen LogP contribution in [0.15, 0.2) is 53.9 Å². The fraction of sp³-hybridized carbons (Fsp3) is 0.622. The first kappa shape index (κ1) is 35.0. The van der Waals surface area contributed by atoms with E-state index in [-0.39, 0.29) is 27.7 Å². The molecule has 5 atom stereocenters. The maximum absolute atomic E-state index is 13.9. The van der Waals surface area contributed by atoms with E-state index in [1.807, 2.05) is 24.3 Å². The van der Waals surface area contributed by atoms with Crippen LogP contribution in [0.5, 0.6) is 5.75 Å². The van der Waals surface area contributed by atoms with Crippen molar-refractivity contribution in [2.45, 2.75) is 113 Å². The zero-order valence-electron chi connectivity index (χ0n) is 28.8. The van der Waals surface area contributed by atoms with Gasteiger partial charge in [0.05, 0.1) is 23.3 Å². The van der Waals surface area contributed by atoms with Gasteiger partial charge in [-0.1, -0.05) is 57.6 Å². The average Bonchev–Trinajstić information content (AvgIpc) is 3.15. The van der Waals surface area contributed by atoms with Crippen LogP contribution in [-0.2, 0) is 31.3 Å². The third-order valence-electron chi connectivity index (χ3n) is 11.6. The molecule has 10 heteroatoms. The Hall–Kier alpha value is -1.88. The fourth-order valence-electron chi connectivity index (χ4n) is 7.67. The quantitative estimate of drug-likeness (QED) is 0.210. The highest BCUT2D eigenvalue weighted by Crippen LogP contribution is 2.47. The molecule has 4 aliphatic rings. The molecule has 2 heterocycles. The average molecular weight is 701 g/mol. The van der Waals surface area contributed by atoms with Gasteiger partial charge < -0.3 is 19.1 Å². The molecule has 1 unspecified atom stereocenters. The fourth-order valence-corrected chi connectivity index (χ4v) is 12.8. The van der Waals surface area contributed by atoms with Gasteiger partial charge in [-0.15, -0.1) is 6.58 Å². The number of nitrogens with one attached hydrogen (secondary N) is 1. The van der Waals surface area contributed by atoms with Crippen LogP contribution in [0, 0.1) is 11.8 Å². The molecule has 258 valence electrons. The standard InChI is InChI=1S/C37H53ClN2O5SSi/c1-7-33(45-35-12-8-9-20-43-35)30-16-13-27(30)23-40-24-37(19-10-11-26-21-28(38)14-17-31(26)37)25-44-34-18-15-29(22-32(34)40)46(41,42)39-47(5,6)36(2,3)4/h7,14-15,17-18,21-22,27,30,33,35,39H,1,8-13,16,19-20,23-25H2,2-6H3/t27-,30+,33-,35?,37-/m0/s1. The van der Waals surface area contributed by atoms with Gasteiger partial charge in [0.2, 0.25) is 10.0 Å². The number of halogens is 1. The Morgan fingerprint density at radius 2 is 1.96 bits per heavy atom. The largest absolute Gasteiger partial charge is 0.490 e. The van der Waals surface area contributed by atoms with E-state index in [2.05, 4.69) is 61.9 Å². The van der Waals surface area contributed by atoms with Crippen molar-refractivity contribution < 1.29 is 22.6 Å². The summed E-state index contributed by atoms with van der Waals surface area (Å²) >= 11 is 6.47. The number of rotatable bonds is 9. The Kier molecular flexibility index (Phi) is 10.00. The molecule has 2 aliphatic heterocycles. The molecular weight excluding hydrogens is 648 g/mol. The SMILES string of the molecule is C=C[C@H](OC1CCCCO1)[C@@H]1CC[C@H]1CN1C[C@@]2(CCCc3cc(Cl)ccc32)COc2ccc(S(=O)(=O)N[Si](C)(C)C(C)(C)C)cc21. The third kappa shape index (κ3) is 7.22. The normalized spacial score (nSPS) is 27.2. The summed E-state index contributed by atoms with van der Waals surface area (Å²) in [4.78, 5) is 2.71. The van der Waals surface area contributed by atoms with Crippen molar-refractivity contribution in [1.82, 2.24) is 4.39 Å². The summed E-state index contributed by atoms with van der Waals surface area (Å²) in [5, 5.41) is 0.616. The minimum atomic E-state index is -3.75. The van der Waals surface area contributed by atoms with Crippen LogP contribution >= 0.6 is 11.6 Å². The molecule has 2 aliphatic carbocycles. The second-order valence-electron chi connectivity index (χ2n) is 15.8. The van der Waals surface area contributed by atoms with Crippen molar-refractivity contribution in [2.75, 3.05) is 31.2 Å². The van der Waals surface area contributed by atoms with Crippen molar-refractivity contribution in [1.29, 1.82) is 0 Å². The first-order valence-electron chi connectivity index (χ1n) is 17.5. The van der Waals surface area contributed by atoms with Gasteiger partial charge in [0.25, 0.3) is 0 Å². The number of anilines is 1. The van der Waals surface area contributed by atoms with E-state index < -0.39 is 18.3 Å². The van der Waals surface area contributed by atoms with Crippen LogP contribution in [0.2, 0.25) is 23.2 Å². The number of aryl methyl sites for hydroxylation is 1. The molecule has 1 spiro atoms. The van der Waals surface area contributed by atoms with Crippen molar-refractivity contribution in [3.63, 3.8) is 0 Å². The molecular formula is C37H53ClN2O5SSi. The van der Waals surface area contributed by atoms with E-state index in [9.17, 15) is 8.42 Å². The van der Waals surface area contributed by atoms with Crippen LogP contribution in [0.1, 0.15) is 76.8 Å². The maximum Gasteiger partial charge on any atom is 0.234 e. The van der Waals surface area contributed by atoms with Crippen molar-refractivity contribution in [2.24, 2.45) is 11.8 Å². The molecule has 6 rings (SSSR count).